The lowest BCUT2D eigenvalue weighted by molar-refractivity contribution is -0.135. The molecule has 0 bridgehead atoms. The van der Waals surface area contributed by atoms with E-state index < -0.39 is 5.97 Å². The Morgan fingerprint density at radius 3 is 2.58 bits per heavy atom. The Morgan fingerprint density at radius 1 is 1.32 bits per heavy atom. The van der Waals surface area contributed by atoms with Crippen LogP contribution in [0, 0.1) is 0 Å². The summed E-state index contributed by atoms with van der Waals surface area (Å²) in [6.07, 6.45) is 0. The summed E-state index contributed by atoms with van der Waals surface area (Å²) in [5.41, 5.74) is 0.931. The molecule has 5 nitrogen and oxygen atoms in total. The number of carboxylic acid groups (broad SMARTS) is 1. The molecular weight excluding hydrogens is 314 g/mol. The molecule has 0 aliphatic heterocycles. The highest BCUT2D eigenvalue weighted by Gasteiger charge is 2.11. The molecule has 0 radical (unpaired) electrons. The van der Waals surface area contributed by atoms with Crippen molar-refractivity contribution in [3.63, 3.8) is 0 Å². The van der Waals surface area contributed by atoms with Crippen molar-refractivity contribution < 1.29 is 19.4 Å². The maximum Gasteiger partial charge on any atom is 0.317 e. The van der Waals surface area contributed by atoms with Crippen LogP contribution < -0.4 is 14.8 Å². The molecule has 0 heterocycles. The Balaban J connectivity index is 2.86. The summed E-state index contributed by atoms with van der Waals surface area (Å²) in [6.45, 7) is 5.28. The van der Waals surface area contributed by atoms with Crippen LogP contribution in [0.4, 0.5) is 0 Å². The lowest BCUT2D eigenvalue weighted by Gasteiger charge is -2.14. The zero-order valence-electron chi connectivity index (χ0n) is 11.0. The Labute approximate surface area is 121 Å². The van der Waals surface area contributed by atoms with Gasteiger partial charge in [0.15, 0.2) is 11.5 Å². The SMILES string of the molecule is CCOc1cc(CNCC(=O)O)cc(Br)c1OCC. The highest BCUT2D eigenvalue weighted by Crippen LogP contribution is 2.36. The van der Waals surface area contributed by atoms with Crippen molar-refractivity contribution in [1.29, 1.82) is 0 Å². The van der Waals surface area contributed by atoms with Crippen molar-refractivity contribution in [3.8, 4) is 11.5 Å². The van der Waals surface area contributed by atoms with Gasteiger partial charge in [-0.25, -0.2) is 0 Å². The lowest BCUT2D eigenvalue weighted by atomic mass is 10.2. The minimum Gasteiger partial charge on any atom is -0.490 e. The molecule has 2 N–H and O–H groups in total. The van der Waals surface area contributed by atoms with Gasteiger partial charge in [0, 0.05) is 6.54 Å². The molecule has 6 heteroatoms. The number of halogens is 1. The Morgan fingerprint density at radius 2 is 2.00 bits per heavy atom. The van der Waals surface area contributed by atoms with E-state index in [0.717, 1.165) is 10.0 Å². The molecule has 0 saturated carbocycles. The van der Waals surface area contributed by atoms with Gasteiger partial charge in [0.05, 0.1) is 24.2 Å². The molecule has 0 fully saturated rings. The first-order valence-electron chi connectivity index (χ1n) is 6.09. The molecule has 1 aromatic rings. The molecule has 0 aliphatic rings. The predicted molar refractivity (Wildman–Crippen MR) is 75.8 cm³/mol. The molecule has 0 aliphatic carbocycles. The Hall–Kier alpha value is -1.27. The molecule has 0 atom stereocenters. The standard InChI is InChI=1S/C13H18BrNO4/c1-3-18-11-6-9(7-15-8-12(16)17)5-10(14)13(11)19-4-2/h5-6,15H,3-4,7-8H2,1-2H3,(H,16,17). The fraction of sp³-hybridized carbons (Fsp3) is 0.462. The van der Waals surface area contributed by atoms with E-state index in [1.807, 2.05) is 26.0 Å². The van der Waals surface area contributed by atoms with Gasteiger partial charge in [-0.1, -0.05) is 0 Å². The monoisotopic (exact) mass is 331 g/mol. The average Bonchev–Trinajstić information content (AvgIpc) is 2.33. The summed E-state index contributed by atoms with van der Waals surface area (Å²) < 4.78 is 11.9. The van der Waals surface area contributed by atoms with E-state index in [1.165, 1.54) is 0 Å². The van der Waals surface area contributed by atoms with E-state index in [9.17, 15) is 4.79 Å². The molecule has 106 valence electrons. The van der Waals surface area contributed by atoms with Crippen LogP contribution in [-0.4, -0.2) is 30.8 Å². The zero-order chi connectivity index (χ0) is 14.3. The van der Waals surface area contributed by atoms with E-state index >= 15 is 0 Å². The van der Waals surface area contributed by atoms with Crippen LogP contribution in [0.25, 0.3) is 0 Å². The number of ether oxygens (including phenoxy) is 2. The number of hydrogen-bond acceptors (Lipinski definition) is 4. The number of carbonyl (C=O) groups is 1. The van der Waals surface area contributed by atoms with Crippen molar-refractivity contribution >= 4 is 21.9 Å². The third kappa shape index (κ3) is 5.08. The molecule has 0 saturated heterocycles. The largest absolute Gasteiger partial charge is 0.490 e. The van der Waals surface area contributed by atoms with E-state index in [2.05, 4.69) is 21.2 Å². The van der Waals surface area contributed by atoms with Gasteiger partial charge in [-0.2, -0.15) is 0 Å². The smallest absolute Gasteiger partial charge is 0.317 e. The highest BCUT2D eigenvalue weighted by molar-refractivity contribution is 9.10. The predicted octanol–water partition coefficient (Wildman–Crippen LogP) is 2.42. The number of nitrogens with one attached hydrogen (secondary N) is 1. The molecule has 0 amide bonds. The fourth-order valence-corrected chi connectivity index (χ4v) is 2.19. The van der Waals surface area contributed by atoms with Gasteiger partial charge in [-0.15, -0.1) is 0 Å². The zero-order valence-corrected chi connectivity index (χ0v) is 12.6. The summed E-state index contributed by atoms with van der Waals surface area (Å²) in [5.74, 6) is 0.451. The second-order valence-electron chi connectivity index (χ2n) is 3.77. The van der Waals surface area contributed by atoms with Gasteiger partial charge < -0.3 is 19.9 Å². The van der Waals surface area contributed by atoms with Crippen LogP contribution in [0.2, 0.25) is 0 Å². The van der Waals surface area contributed by atoms with Crippen LogP contribution in [0.5, 0.6) is 11.5 Å². The normalized spacial score (nSPS) is 10.3. The van der Waals surface area contributed by atoms with Crippen molar-refractivity contribution in [1.82, 2.24) is 5.32 Å². The number of carboxylic acids is 1. The van der Waals surface area contributed by atoms with Gasteiger partial charge in [-0.3, -0.25) is 4.79 Å². The molecule has 0 spiro atoms. The second-order valence-corrected chi connectivity index (χ2v) is 4.62. The number of aliphatic carboxylic acids is 1. The summed E-state index contributed by atoms with van der Waals surface area (Å²) in [4.78, 5) is 10.4. The van der Waals surface area contributed by atoms with Crippen LogP contribution in [-0.2, 0) is 11.3 Å². The summed E-state index contributed by atoms with van der Waals surface area (Å²) in [5, 5.41) is 11.4. The Bertz CT molecular complexity index is 437. The minimum atomic E-state index is -0.880. The van der Waals surface area contributed by atoms with Crippen molar-refractivity contribution in [2.45, 2.75) is 20.4 Å². The quantitative estimate of drug-likeness (QED) is 0.765. The van der Waals surface area contributed by atoms with E-state index in [1.54, 1.807) is 0 Å². The molecule has 0 aromatic heterocycles. The average molecular weight is 332 g/mol. The van der Waals surface area contributed by atoms with Crippen LogP contribution in [0.1, 0.15) is 19.4 Å². The van der Waals surface area contributed by atoms with E-state index in [-0.39, 0.29) is 6.54 Å². The van der Waals surface area contributed by atoms with Gasteiger partial charge in [-0.05, 0) is 47.5 Å². The summed E-state index contributed by atoms with van der Waals surface area (Å²) in [7, 11) is 0. The lowest BCUT2D eigenvalue weighted by Crippen LogP contribution is -2.21. The fourth-order valence-electron chi connectivity index (χ4n) is 1.58. The minimum absolute atomic E-state index is 0.0746. The van der Waals surface area contributed by atoms with Crippen LogP contribution in [0.15, 0.2) is 16.6 Å². The highest BCUT2D eigenvalue weighted by atomic mass is 79.9. The molecule has 19 heavy (non-hydrogen) atoms. The van der Waals surface area contributed by atoms with Crippen LogP contribution >= 0.6 is 15.9 Å². The van der Waals surface area contributed by atoms with Gasteiger partial charge in [0.25, 0.3) is 0 Å². The van der Waals surface area contributed by atoms with E-state index in [4.69, 9.17) is 14.6 Å². The van der Waals surface area contributed by atoms with Crippen molar-refractivity contribution in [3.05, 3.63) is 22.2 Å². The first-order valence-corrected chi connectivity index (χ1v) is 6.88. The first-order chi connectivity index (χ1) is 9.08. The van der Waals surface area contributed by atoms with Crippen LogP contribution in [0.3, 0.4) is 0 Å². The number of rotatable bonds is 8. The maximum atomic E-state index is 10.4. The maximum absolute atomic E-state index is 10.4. The molecule has 1 aromatic carbocycles. The van der Waals surface area contributed by atoms with Crippen molar-refractivity contribution in [2.75, 3.05) is 19.8 Å². The summed E-state index contributed by atoms with van der Waals surface area (Å²) >= 11 is 3.44. The van der Waals surface area contributed by atoms with Gasteiger partial charge in [0.2, 0.25) is 0 Å². The number of benzene rings is 1. The van der Waals surface area contributed by atoms with Gasteiger partial charge >= 0.3 is 5.97 Å². The second kappa shape index (κ2) is 8.01. The molecule has 0 unspecified atom stereocenters. The van der Waals surface area contributed by atoms with Crippen molar-refractivity contribution in [2.24, 2.45) is 0 Å². The van der Waals surface area contributed by atoms with Gasteiger partial charge in [0.1, 0.15) is 0 Å². The number of hydrogen-bond donors (Lipinski definition) is 2. The molecular formula is C13H18BrNO4. The van der Waals surface area contributed by atoms with E-state index in [0.29, 0.717) is 31.3 Å². The third-order valence-corrected chi connectivity index (χ3v) is 2.85. The first kappa shape index (κ1) is 15.8. The summed E-state index contributed by atoms with van der Waals surface area (Å²) in [6, 6.07) is 3.75. The topological polar surface area (TPSA) is 67.8 Å². The Kier molecular flexibility index (Phi) is 6.66. The third-order valence-electron chi connectivity index (χ3n) is 2.26. The molecule has 1 rings (SSSR count).